The highest BCUT2D eigenvalue weighted by molar-refractivity contribution is 7.20. The van der Waals surface area contributed by atoms with Gasteiger partial charge in [-0.15, -0.1) is 11.3 Å². The third-order valence-corrected chi connectivity index (χ3v) is 5.33. The third-order valence-electron chi connectivity index (χ3n) is 4.11. The number of amides is 1. The Labute approximate surface area is 151 Å². The van der Waals surface area contributed by atoms with Gasteiger partial charge in [-0.2, -0.15) is 13.2 Å². The number of imidazole rings is 1. The summed E-state index contributed by atoms with van der Waals surface area (Å²) in [6, 6.07) is 1.05. The van der Waals surface area contributed by atoms with E-state index in [2.05, 4.69) is 15.3 Å². The van der Waals surface area contributed by atoms with Gasteiger partial charge < -0.3 is 9.88 Å². The molecule has 0 aliphatic carbocycles. The van der Waals surface area contributed by atoms with Crippen molar-refractivity contribution in [2.45, 2.75) is 33.0 Å². The molecule has 3 heterocycles. The molecular formula is C17H17F3N4OS. The maximum Gasteiger partial charge on any atom is 0.417 e. The fourth-order valence-corrected chi connectivity index (χ4v) is 3.69. The van der Waals surface area contributed by atoms with Crippen LogP contribution in [0.15, 0.2) is 24.7 Å². The Hall–Kier alpha value is -2.42. The summed E-state index contributed by atoms with van der Waals surface area (Å²) in [5.41, 5.74) is -0.292. The highest BCUT2D eigenvalue weighted by atomic mass is 32.1. The minimum atomic E-state index is -4.45. The Morgan fingerprint density at radius 2 is 2.08 bits per heavy atom. The fourth-order valence-electron chi connectivity index (χ4n) is 2.64. The monoisotopic (exact) mass is 382 g/mol. The van der Waals surface area contributed by atoms with Crippen LogP contribution in [-0.4, -0.2) is 27.0 Å². The van der Waals surface area contributed by atoms with Crippen molar-refractivity contribution < 1.29 is 18.0 Å². The Bertz CT molecular complexity index is 945. The van der Waals surface area contributed by atoms with Gasteiger partial charge in [0.05, 0.1) is 10.4 Å². The third kappa shape index (κ3) is 3.72. The Morgan fingerprint density at radius 3 is 2.73 bits per heavy atom. The predicted molar refractivity (Wildman–Crippen MR) is 93.3 cm³/mol. The summed E-state index contributed by atoms with van der Waals surface area (Å²) < 4.78 is 40.5. The standard InChI is InChI=1S/C17H17F3N4OS/c1-10-13-8-12(17(18,19)20)9-23-16(13)26-14(10)15(25)22-4-3-6-24-7-5-21-11(24)2/h5,7-9H,3-4,6H2,1-2H3,(H,22,25). The quantitative estimate of drug-likeness (QED) is 0.680. The van der Waals surface area contributed by atoms with Gasteiger partial charge in [-0.1, -0.05) is 0 Å². The SMILES string of the molecule is Cc1c(C(=O)NCCCn2ccnc2C)sc2ncc(C(F)(F)F)cc12. The first-order chi connectivity index (χ1) is 12.3. The number of rotatable bonds is 5. The summed E-state index contributed by atoms with van der Waals surface area (Å²) in [5.74, 6) is 0.615. The van der Waals surface area contributed by atoms with Crippen LogP contribution in [0.3, 0.4) is 0 Å². The zero-order valence-electron chi connectivity index (χ0n) is 14.2. The molecule has 3 rings (SSSR count). The molecule has 1 N–H and O–H groups in total. The largest absolute Gasteiger partial charge is 0.417 e. The molecule has 3 aromatic heterocycles. The predicted octanol–water partition coefficient (Wildman–Crippen LogP) is 3.95. The molecule has 1 amide bonds. The van der Waals surface area contributed by atoms with Crippen molar-refractivity contribution in [3.05, 3.63) is 46.5 Å². The molecule has 0 aliphatic heterocycles. The average Bonchev–Trinajstić information content (AvgIpc) is 3.14. The van der Waals surface area contributed by atoms with Crippen molar-refractivity contribution in [1.82, 2.24) is 19.9 Å². The van der Waals surface area contributed by atoms with Gasteiger partial charge in [-0.25, -0.2) is 9.97 Å². The van der Waals surface area contributed by atoms with Crippen LogP contribution in [0.25, 0.3) is 10.2 Å². The second-order valence-corrected chi connectivity index (χ2v) is 6.91. The van der Waals surface area contributed by atoms with Crippen molar-refractivity contribution >= 4 is 27.5 Å². The van der Waals surface area contributed by atoms with E-state index >= 15 is 0 Å². The van der Waals surface area contributed by atoms with Crippen molar-refractivity contribution in [2.24, 2.45) is 0 Å². The topological polar surface area (TPSA) is 59.8 Å². The lowest BCUT2D eigenvalue weighted by Crippen LogP contribution is -2.25. The molecule has 0 atom stereocenters. The molecule has 9 heteroatoms. The number of nitrogens with zero attached hydrogens (tertiary/aromatic N) is 3. The normalized spacial score (nSPS) is 11.9. The smallest absolute Gasteiger partial charge is 0.351 e. The molecule has 138 valence electrons. The summed E-state index contributed by atoms with van der Waals surface area (Å²) >= 11 is 1.10. The molecular weight excluding hydrogens is 365 g/mol. The maximum absolute atomic E-state index is 12.8. The molecule has 0 saturated carbocycles. The Morgan fingerprint density at radius 1 is 1.31 bits per heavy atom. The second-order valence-electron chi connectivity index (χ2n) is 5.91. The van der Waals surface area contributed by atoms with Crippen molar-refractivity contribution in [2.75, 3.05) is 6.54 Å². The first-order valence-corrected chi connectivity index (χ1v) is 8.81. The van der Waals surface area contributed by atoms with Gasteiger partial charge in [0.1, 0.15) is 10.7 Å². The van der Waals surface area contributed by atoms with Crippen LogP contribution < -0.4 is 5.32 Å². The highest BCUT2D eigenvalue weighted by Gasteiger charge is 2.31. The van der Waals surface area contributed by atoms with E-state index in [4.69, 9.17) is 0 Å². The molecule has 0 radical (unpaired) electrons. The van der Waals surface area contributed by atoms with Crippen LogP contribution in [0.5, 0.6) is 0 Å². The average molecular weight is 382 g/mol. The zero-order valence-corrected chi connectivity index (χ0v) is 15.0. The molecule has 26 heavy (non-hydrogen) atoms. The van der Waals surface area contributed by atoms with E-state index < -0.39 is 11.7 Å². The number of aryl methyl sites for hydroxylation is 3. The van der Waals surface area contributed by atoms with Gasteiger partial charge in [0.2, 0.25) is 0 Å². The van der Waals surface area contributed by atoms with Gasteiger partial charge in [0, 0.05) is 37.1 Å². The Balaban J connectivity index is 1.68. The lowest BCUT2D eigenvalue weighted by atomic mass is 10.1. The van der Waals surface area contributed by atoms with E-state index in [1.54, 1.807) is 13.1 Å². The number of fused-ring (bicyclic) bond motifs is 1. The lowest BCUT2D eigenvalue weighted by Gasteiger charge is -2.07. The number of carbonyl (C=O) groups excluding carboxylic acids is 1. The van der Waals surface area contributed by atoms with Crippen LogP contribution >= 0.6 is 11.3 Å². The first kappa shape index (κ1) is 18.4. The number of aromatic nitrogens is 3. The summed E-state index contributed by atoms with van der Waals surface area (Å²) in [6.45, 7) is 4.74. The van der Waals surface area contributed by atoms with Crippen LogP contribution in [0.2, 0.25) is 0 Å². The van der Waals surface area contributed by atoms with E-state index in [1.165, 1.54) is 0 Å². The minimum absolute atomic E-state index is 0.290. The van der Waals surface area contributed by atoms with Crippen LogP contribution in [-0.2, 0) is 12.7 Å². The number of halogens is 3. The maximum atomic E-state index is 12.8. The van der Waals surface area contributed by atoms with Crippen LogP contribution in [0, 0.1) is 13.8 Å². The van der Waals surface area contributed by atoms with Gasteiger partial charge in [-0.05, 0) is 31.9 Å². The summed E-state index contributed by atoms with van der Waals surface area (Å²) in [6.07, 6.45) is 0.661. The molecule has 5 nitrogen and oxygen atoms in total. The molecule has 0 aliphatic rings. The zero-order chi connectivity index (χ0) is 18.9. The molecule has 0 saturated heterocycles. The number of thiophene rings is 1. The van der Waals surface area contributed by atoms with Gasteiger partial charge in [0.15, 0.2) is 0 Å². The fraction of sp³-hybridized carbons (Fsp3) is 0.353. The minimum Gasteiger partial charge on any atom is -0.351 e. The van der Waals surface area contributed by atoms with Crippen molar-refractivity contribution in [3.63, 3.8) is 0 Å². The van der Waals surface area contributed by atoms with Gasteiger partial charge in [-0.3, -0.25) is 4.79 Å². The van der Waals surface area contributed by atoms with Gasteiger partial charge >= 0.3 is 6.18 Å². The number of nitrogens with one attached hydrogen (secondary N) is 1. The van der Waals surface area contributed by atoms with Crippen molar-refractivity contribution in [1.29, 1.82) is 0 Å². The van der Waals surface area contributed by atoms with Crippen molar-refractivity contribution in [3.8, 4) is 0 Å². The molecule has 0 unspecified atom stereocenters. The summed E-state index contributed by atoms with van der Waals surface area (Å²) in [5, 5.41) is 3.18. The Kier molecular flexibility index (Phi) is 4.99. The van der Waals surface area contributed by atoms with E-state index in [0.29, 0.717) is 27.2 Å². The first-order valence-electron chi connectivity index (χ1n) is 7.99. The van der Waals surface area contributed by atoms with E-state index in [-0.39, 0.29) is 5.91 Å². The number of hydrogen-bond donors (Lipinski definition) is 1. The molecule has 3 aromatic rings. The highest BCUT2D eigenvalue weighted by Crippen LogP contribution is 2.35. The molecule has 0 spiro atoms. The van der Waals surface area contributed by atoms with Gasteiger partial charge in [0.25, 0.3) is 5.91 Å². The second kappa shape index (κ2) is 7.06. The molecule has 0 aromatic carbocycles. The van der Waals surface area contributed by atoms with Crippen LogP contribution in [0.4, 0.5) is 13.2 Å². The summed E-state index contributed by atoms with van der Waals surface area (Å²) in [4.78, 5) is 21.2. The molecule has 0 bridgehead atoms. The number of alkyl halides is 3. The molecule has 0 fully saturated rings. The van der Waals surface area contributed by atoms with E-state index in [9.17, 15) is 18.0 Å². The number of carbonyl (C=O) groups is 1. The van der Waals surface area contributed by atoms with E-state index in [0.717, 1.165) is 42.4 Å². The number of hydrogen-bond acceptors (Lipinski definition) is 4. The van der Waals surface area contributed by atoms with E-state index in [1.807, 2.05) is 17.7 Å². The number of pyridine rings is 1. The summed E-state index contributed by atoms with van der Waals surface area (Å²) in [7, 11) is 0. The van der Waals surface area contributed by atoms with Crippen LogP contribution in [0.1, 0.15) is 33.0 Å². The lowest BCUT2D eigenvalue weighted by molar-refractivity contribution is -0.137.